The molecule has 1 heterocycles. The number of nitrogens with zero attached hydrogens (tertiary/aromatic N) is 1. The molecule has 0 saturated heterocycles. The van der Waals surface area contributed by atoms with Crippen LogP contribution in [-0.4, -0.2) is 40.6 Å². The zero-order chi connectivity index (χ0) is 17.7. The number of amides is 1. The summed E-state index contributed by atoms with van der Waals surface area (Å²) in [6, 6.07) is 3.16. The first-order valence-corrected chi connectivity index (χ1v) is 9.01. The molecule has 1 aromatic heterocycles. The van der Waals surface area contributed by atoms with Crippen LogP contribution in [0.15, 0.2) is 28.0 Å². The number of thiazole rings is 1. The lowest BCUT2D eigenvalue weighted by atomic mass is 10.1. The van der Waals surface area contributed by atoms with Gasteiger partial charge >= 0.3 is 0 Å². The maximum atomic E-state index is 12.1. The van der Waals surface area contributed by atoms with Gasteiger partial charge in [0.1, 0.15) is 0 Å². The second-order valence-corrected chi connectivity index (χ2v) is 7.29. The van der Waals surface area contributed by atoms with Crippen LogP contribution in [-0.2, 0) is 21.2 Å². The number of hydrogen-bond donors (Lipinski definition) is 1. The quantitative estimate of drug-likeness (QED) is 0.779. The van der Waals surface area contributed by atoms with Crippen molar-refractivity contribution in [2.45, 2.75) is 10.8 Å². The van der Waals surface area contributed by atoms with Crippen molar-refractivity contribution in [2.24, 2.45) is 0 Å². The monoisotopic (exact) mass is 372 g/mol. The standard InChI is InChI=1S/C14H16N2O6S2/c1-20-10-6-9(7-11(21-2)13(10)22-3)8-12(17)16-24(18,19)14-15-4-5-23-14/h4-7H,8H2,1-3H3,(H,16,17). The first kappa shape index (κ1) is 18.0. The molecule has 10 heteroatoms. The Hall–Kier alpha value is -2.33. The SMILES string of the molecule is COc1cc(CC(=O)NS(=O)(=O)c2nccs2)cc(OC)c1OC. The number of carbonyl (C=O) groups excluding carboxylic acids is 1. The molecule has 0 atom stereocenters. The molecule has 2 aromatic rings. The molecular formula is C14H16N2O6S2. The van der Waals surface area contributed by atoms with Gasteiger partial charge in [-0.25, -0.2) is 9.71 Å². The van der Waals surface area contributed by atoms with Crippen LogP contribution < -0.4 is 18.9 Å². The van der Waals surface area contributed by atoms with Gasteiger partial charge in [-0.05, 0) is 17.7 Å². The highest BCUT2D eigenvalue weighted by Crippen LogP contribution is 2.38. The maximum Gasteiger partial charge on any atom is 0.291 e. The molecule has 0 fully saturated rings. The van der Waals surface area contributed by atoms with Crippen molar-refractivity contribution in [2.75, 3.05) is 21.3 Å². The van der Waals surface area contributed by atoms with Gasteiger partial charge in [-0.2, -0.15) is 8.42 Å². The molecular weight excluding hydrogens is 356 g/mol. The van der Waals surface area contributed by atoms with E-state index in [9.17, 15) is 13.2 Å². The maximum absolute atomic E-state index is 12.1. The van der Waals surface area contributed by atoms with Gasteiger partial charge in [-0.15, -0.1) is 11.3 Å². The molecule has 2 rings (SSSR count). The van der Waals surface area contributed by atoms with Crippen LogP contribution in [0.1, 0.15) is 5.56 Å². The fourth-order valence-corrected chi connectivity index (χ4v) is 3.81. The number of carbonyl (C=O) groups is 1. The summed E-state index contributed by atoms with van der Waals surface area (Å²) in [7, 11) is 0.411. The van der Waals surface area contributed by atoms with Crippen LogP contribution >= 0.6 is 11.3 Å². The van der Waals surface area contributed by atoms with Gasteiger partial charge in [-0.1, -0.05) is 0 Å². The third-order valence-corrected chi connectivity index (χ3v) is 5.55. The summed E-state index contributed by atoms with van der Waals surface area (Å²) in [5.74, 6) is 0.448. The number of rotatable bonds is 7. The van der Waals surface area contributed by atoms with Crippen molar-refractivity contribution in [1.29, 1.82) is 0 Å². The van der Waals surface area contributed by atoms with Gasteiger partial charge in [0.2, 0.25) is 16.0 Å². The Kier molecular flexibility index (Phi) is 5.62. The summed E-state index contributed by atoms with van der Waals surface area (Å²) >= 11 is 0.925. The second kappa shape index (κ2) is 7.49. The zero-order valence-electron chi connectivity index (χ0n) is 13.2. The average Bonchev–Trinajstić information content (AvgIpc) is 3.08. The molecule has 0 aliphatic rings. The molecule has 0 spiro atoms. The summed E-state index contributed by atoms with van der Waals surface area (Å²) in [4.78, 5) is 15.7. The Morgan fingerprint density at radius 2 is 1.79 bits per heavy atom. The summed E-state index contributed by atoms with van der Waals surface area (Å²) in [5, 5.41) is 1.51. The number of nitrogens with one attached hydrogen (secondary N) is 1. The first-order chi connectivity index (χ1) is 11.4. The number of sulfonamides is 1. The third-order valence-electron chi connectivity index (χ3n) is 2.98. The zero-order valence-corrected chi connectivity index (χ0v) is 14.9. The highest BCUT2D eigenvalue weighted by Gasteiger charge is 2.21. The molecule has 1 N–H and O–H groups in total. The molecule has 8 nitrogen and oxygen atoms in total. The van der Waals surface area contributed by atoms with Crippen molar-refractivity contribution < 1.29 is 27.4 Å². The third kappa shape index (κ3) is 3.95. The Labute approximate surface area is 143 Å². The number of hydrogen-bond acceptors (Lipinski definition) is 8. The van der Waals surface area contributed by atoms with Crippen molar-refractivity contribution in [3.63, 3.8) is 0 Å². The van der Waals surface area contributed by atoms with Gasteiger partial charge in [0.25, 0.3) is 10.0 Å². The largest absolute Gasteiger partial charge is 0.493 e. The minimum Gasteiger partial charge on any atom is -0.493 e. The first-order valence-electron chi connectivity index (χ1n) is 6.65. The molecule has 24 heavy (non-hydrogen) atoms. The molecule has 1 amide bonds. The van der Waals surface area contributed by atoms with E-state index in [0.717, 1.165) is 11.3 Å². The normalized spacial score (nSPS) is 11.0. The topological polar surface area (TPSA) is 104 Å². The van der Waals surface area contributed by atoms with Crippen LogP contribution in [0, 0.1) is 0 Å². The van der Waals surface area contributed by atoms with E-state index in [1.807, 2.05) is 4.72 Å². The molecule has 1 aromatic carbocycles. The Balaban J connectivity index is 2.20. The summed E-state index contributed by atoms with van der Waals surface area (Å²) in [6.07, 6.45) is 1.17. The molecule has 0 aliphatic heterocycles. The van der Waals surface area contributed by atoms with Crippen LogP contribution in [0.3, 0.4) is 0 Å². The fraction of sp³-hybridized carbons (Fsp3) is 0.286. The van der Waals surface area contributed by atoms with Gasteiger partial charge in [0.05, 0.1) is 27.8 Å². The molecule has 0 aliphatic carbocycles. The van der Waals surface area contributed by atoms with Gasteiger partial charge < -0.3 is 14.2 Å². The van der Waals surface area contributed by atoms with E-state index < -0.39 is 15.9 Å². The molecule has 0 bridgehead atoms. The van der Waals surface area contributed by atoms with E-state index in [1.165, 1.54) is 32.9 Å². The van der Waals surface area contributed by atoms with Crippen molar-refractivity contribution in [3.8, 4) is 17.2 Å². The van der Waals surface area contributed by atoms with Crippen molar-refractivity contribution in [1.82, 2.24) is 9.71 Å². The smallest absolute Gasteiger partial charge is 0.291 e. The lowest BCUT2D eigenvalue weighted by molar-refractivity contribution is -0.118. The number of benzene rings is 1. The number of methoxy groups -OCH3 is 3. The highest BCUT2D eigenvalue weighted by molar-refractivity contribution is 7.92. The van der Waals surface area contributed by atoms with Crippen LogP contribution in [0.5, 0.6) is 17.2 Å². The number of aromatic nitrogens is 1. The minimum absolute atomic E-state index is 0.166. The van der Waals surface area contributed by atoms with E-state index in [0.29, 0.717) is 22.8 Å². The Bertz CT molecular complexity index is 793. The molecule has 0 radical (unpaired) electrons. The van der Waals surface area contributed by atoms with Crippen molar-refractivity contribution >= 4 is 27.3 Å². The molecule has 0 unspecified atom stereocenters. The lowest BCUT2D eigenvalue weighted by Crippen LogP contribution is -2.31. The van der Waals surface area contributed by atoms with E-state index in [2.05, 4.69) is 4.98 Å². The predicted molar refractivity (Wildman–Crippen MR) is 87.2 cm³/mol. The van der Waals surface area contributed by atoms with E-state index >= 15 is 0 Å². The van der Waals surface area contributed by atoms with Gasteiger partial charge in [0.15, 0.2) is 11.5 Å². The van der Waals surface area contributed by atoms with Gasteiger partial charge in [-0.3, -0.25) is 4.79 Å². The van der Waals surface area contributed by atoms with Gasteiger partial charge in [0, 0.05) is 11.6 Å². The van der Waals surface area contributed by atoms with Crippen LogP contribution in [0.4, 0.5) is 0 Å². The summed E-state index contributed by atoms with van der Waals surface area (Å²) in [6.45, 7) is 0. The predicted octanol–water partition coefficient (Wildman–Crippen LogP) is 1.22. The minimum atomic E-state index is -3.96. The van der Waals surface area contributed by atoms with E-state index in [-0.39, 0.29) is 10.8 Å². The average molecular weight is 372 g/mol. The van der Waals surface area contributed by atoms with E-state index in [4.69, 9.17) is 14.2 Å². The highest BCUT2D eigenvalue weighted by atomic mass is 32.2. The molecule has 0 saturated carbocycles. The Morgan fingerprint density at radius 3 is 2.25 bits per heavy atom. The lowest BCUT2D eigenvalue weighted by Gasteiger charge is -2.14. The van der Waals surface area contributed by atoms with Crippen LogP contribution in [0.25, 0.3) is 0 Å². The second-order valence-electron chi connectivity index (χ2n) is 4.54. The Morgan fingerprint density at radius 1 is 1.17 bits per heavy atom. The summed E-state index contributed by atoms with van der Waals surface area (Å²) < 4.78 is 41.4. The molecule has 130 valence electrons. The number of ether oxygens (including phenoxy) is 3. The fourth-order valence-electron chi connectivity index (χ4n) is 2.00. The summed E-state index contributed by atoms with van der Waals surface area (Å²) in [5.41, 5.74) is 0.510. The van der Waals surface area contributed by atoms with Crippen molar-refractivity contribution in [3.05, 3.63) is 29.3 Å². The van der Waals surface area contributed by atoms with E-state index in [1.54, 1.807) is 12.1 Å². The van der Waals surface area contributed by atoms with Crippen LogP contribution in [0.2, 0.25) is 0 Å².